The molecular weight excluding hydrogens is 344 g/mol. The molecule has 3 aromatic rings. The van der Waals surface area contributed by atoms with Gasteiger partial charge in [-0.3, -0.25) is 10.2 Å². The van der Waals surface area contributed by atoms with Crippen LogP contribution in [0.1, 0.15) is 25.3 Å². The molecule has 7 nitrogen and oxygen atoms in total. The molecule has 2 aromatic carbocycles. The van der Waals surface area contributed by atoms with E-state index in [1.807, 2.05) is 24.3 Å². The van der Waals surface area contributed by atoms with Crippen LogP contribution in [0, 0.1) is 0 Å². The number of fused-ring (bicyclic) bond motifs is 1. The van der Waals surface area contributed by atoms with Gasteiger partial charge >= 0.3 is 0 Å². The fraction of sp³-hybridized carbons (Fsp3) is 0.300. The molecule has 0 amide bonds. The minimum Gasteiger partial charge on any atom is -0.493 e. The van der Waals surface area contributed by atoms with E-state index in [1.54, 1.807) is 12.1 Å². The second kappa shape index (κ2) is 8.09. The van der Waals surface area contributed by atoms with Gasteiger partial charge in [-0.05, 0) is 36.6 Å². The van der Waals surface area contributed by atoms with Crippen molar-refractivity contribution in [2.45, 2.75) is 26.2 Å². The van der Waals surface area contributed by atoms with Crippen molar-refractivity contribution in [2.24, 2.45) is 5.84 Å². The van der Waals surface area contributed by atoms with Gasteiger partial charge in [-0.15, -0.1) is 0 Å². The number of ether oxygens (including phenoxy) is 2. The van der Waals surface area contributed by atoms with Crippen LogP contribution in [0.2, 0.25) is 0 Å². The SMILES string of the molecule is CCCCc1ccc(-n2c(NN)nc3cc(OC)c(OC)cc3c2=O)cc1. The number of unbranched alkanes of at least 4 members (excludes halogenated alkanes) is 1. The van der Waals surface area contributed by atoms with Crippen LogP contribution in [-0.4, -0.2) is 23.8 Å². The maximum atomic E-state index is 13.2. The van der Waals surface area contributed by atoms with E-state index in [2.05, 4.69) is 17.3 Å². The molecule has 27 heavy (non-hydrogen) atoms. The summed E-state index contributed by atoms with van der Waals surface area (Å²) in [5.41, 5.74) is 4.68. The Balaban J connectivity index is 2.17. The summed E-state index contributed by atoms with van der Waals surface area (Å²) in [7, 11) is 3.06. The predicted octanol–water partition coefficient (Wildman–Crippen LogP) is 3.03. The van der Waals surface area contributed by atoms with Crippen molar-refractivity contribution in [3.63, 3.8) is 0 Å². The molecule has 0 aliphatic rings. The Bertz CT molecular complexity index is 997. The summed E-state index contributed by atoms with van der Waals surface area (Å²) in [5, 5.41) is 0.418. The van der Waals surface area contributed by atoms with Crippen LogP contribution in [0.5, 0.6) is 11.5 Å². The Morgan fingerprint density at radius 1 is 1.11 bits per heavy atom. The van der Waals surface area contributed by atoms with Gasteiger partial charge in [0, 0.05) is 6.07 Å². The van der Waals surface area contributed by atoms with E-state index in [1.165, 1.54) is 24.4 Å². The fourth-order valence-electron chi connectivity index (χ4n) is 3.04. The van der Waals surface area contributed by atoms with Crippen LogP contribution in [0.3, 0.4) is 0 Å². The summed E-state index contributed by atoms with van der Waals surface area (Å²) < 4.78 is 12.1. The van der Waals surface area contributed by atoms with Crippen LogP contribution in [0.25, 0.3) is 16.6 Å². The summed E-state index contributed by atoms with van der Waals surface area (Å²) >= 11 is 0. The number of hydrogen-bond donors (Lipinski definition) is 2. The van der Waals surface area contributed by atoms with Gasteiger partial charge in [0.1, 0.15) is 0 Å². The molecule has 0 saturated heterocycles. The molecule has 0 spiro atoms. The number of anilines is 1. The van der Waals surface area contributed by atoms with Gasteiger partial charge in [0.05, 0.1) is 30.8 Å². The van der Waals surface area contributed by atoms with Crippen LogP contribution in [-0.2, 0) is 6.42 Å². The molecule has 1 aromatic heterocycles. The van der Waals surface area contributed by atoms with Crippen LogP contribution in [0.15, 0.2) is 41.2 Å². The third kappa shape index (κ3) is 3.59. The molecule has 7 heteroatoms. The zero-order chi connectivity index (χ0) is 19.4. The molecule has 0 unspecified atom stereocenters. The normalized spacial score (nSPS) is 10.8. The highest BCUT2D eigenvalue weighted by Crippen LogP contribution is 2.30. The minimum absolute atomic E-state index is 0.241. The highest BCUT2D eigenvalue weighted by molar-refractivity contribution is 5.83. The first-order chi connectivity index (χ1) is 13.1. The standard InChI is InChI=1S/C20H24N4O3/c1-4-5-6-13-7-9-14(10-8-13)24-19(25)15-11-17(26-2)18(27-3)12-16(15)22-20(24)23-21/h7-12H,4-6,21H2,1-3H3,(H,22,23). The first-order valence-corrected chi connectivity index (χ1v) is 8.87. The predicted molar refractivity (Wildman–Crippen MR) is 107 cm³/mol. The number of aromatic nitrogens is 2. The van der Waals surface area contributed by atoms with Crippen molar-refractivity contribution in [1.29, 1.82) is 0 Å². The van der Waals surface area contributed by atoms with Crippen molar-refractivity contribution < 1.29 is 9.47 Å². The Hall–Kier alpha value is -3.06. The minimum atomic E-state index is -0.241. The number of methoxy groups -OCH3 is 2. The van der Waals surface area contributed by atoms with Gasteiger partial charge in [0.25, 0.3) is 5.56 Å². The van der Waals surface area contributed by atoms with E-state index in [9.17, 15) is 4.79 Å². The van der Waals surface area contributed by atoms with E-state index in [0.29, 0.717) is 28.1 Å². The Morgan fingerprint density at radius 3 is 2.37 bits per heavy atom. The first-order valence-electron chi connectivity index (χ1n) is 8.87. The summed E-state index contributed by atoms with van der Waals surface area (Å²) in [6.07, 6.45) is 3.29. The summed E-state index contributed by atoms with van der Waals surface area (Å²) in [5.74, 6) is 6.86. The molecule has 0 fully saturated rings. The van der Waals surface area contributed by atoms with Crippen LogP contribution >= 0.6 is 0 Å². The largest absolute Gasteiger partial charge is 0.493 e. The lowest BCUT2D eigenvalue weighted by molar-refractivity contribution is 0.355. The van der Waals surface area contributed by atoms with Crippen LogP contribution in [0.4, 0.5) is 5.95 Å². The number of aryl methyl sites for hydroxylation is 1. The third-order valence-corrected chi connectivity index (χ3v) is 4.52. The molecule has 0 atom stereocenters. The molecule has 0 aliphatic heterocycles. The average Bonchev–Trinajstić information content (AvgIpc) is 2.71. The molecule has 0 saturated carbocycles. The Labute approximate surface area is 157 Å². The molecule has 142 valence electrons. The number of hydrazine groups is 1. The van der Waals surface area contributed by atoms with Crippen molar-refractivity contribution in [3.8, 4) is 17.2 Å². The van der Waals surface area contributed by atoms with Crippen molar-refractivity contribution in [1.82, 2.24) is 9.55 Å². The maximum absolute atomic E-state index is 13.2. The number of nitrogens with two attached hydrogens (primary N) is 1. The molecular formula is C20H24N4O3. The number of nitrogens with zero attached hydrogens (tertiary/aromatic N) is 2. The van der Waals surface area contributed by atoms with Crippen molar-refractivity contribution in [3.05, 3.63) is 52.3 Å². The van der Waals surface area contributed by atoms with E-state index in [4.69, 9.17) is 15.3 Å². The van der Waals surface area contributed by atoms with Gasteiger partial charge in [-0.25, -0.2) is 15.4 Å². The average molecular weight is 368 g/mol. The topological polar surface area (TPSA) is 91.4 Å². The highest BCUT2D eigenvalue weighted by Gasteiger charge is 2.15. The van der Waals surface area contributed by atoms with E-state index >= 15 is 0 Å². The lowest BCUT2D eigenvalue weighted by Gasteiger charge is -2.15. The van der Waals surface area contributed by atoms with Crippen molar-refractivity contribution in [2.75, 3.05) is 19.6 Å². The van der Waals surface area contributed by atoms with Gasteiger partial charge in [0.15, 0.2) is 11.5 Å². The molecule has 3 rings (SSSR count). The summed E-state index contributed by atoms with van der Waals surface area (Å²) in [4.78, 5) is 17.6. The van der Waals surface area contributed by atoms with Gasteiger partial charge in [-0.2, -0.15) is 0 Å². The maximum Gasteiger partial charge on any atom is 0.267 e. The second-order valence-corrected chi connectivity index (χ2v) is 6.21. The lowest BCUT2D eigenvalue weighted by Crippen LogP contribution is -2.26. The molecule has 0 radical (unpaired) electrons. The first kappa shape index (κ1) is 18.7. The van der Waals surface area contributed by atoms with E-state index in [0.717, 1.165) is 19.3 Å². The summed E-state index contributed by atoms with van der Waals surface area (Å²) in [6.45, 7) is 2.16. The number of benzene rings is 2. The quantitative estimate of drug-likeness (QED) is 0.492. The smallest absolute Gasteiger partial charge is 0.267 e. The third-order valence-electron chi connectivity index (χ3n) is 4.52. The molecule has 0 aliphatic carbocycles. The zero-order valence-corrected chi connectivity index (χ0v) is 15.8. The summed E-state index contributed by atoms with van der Waals surface area (Å²) in [6, 6.07) is 11.2. The number of nitrogens with one attached hydrogen (secondary N) is 1. The van der Waals surface area contributed by atoms with Gasteiger partial charge < -0.3 is 9.47 Å². The molecule has 0 bridgehead atoms. The Morgan fingerprint density at radius 2 is 1.78 bits per heavy atom. The van der Waals surface area contributed by atoms with Crippen molar-refractivity contribution >= 4 is 16.9 Å². The fourth-order valence-corrected chi connectivity index (χ4v) is 3.04. The van der Waals surface area contributed by atoms with E-state index in [-0.39, 0.29) is 11.5 Å². The number of rotatable bonds is 7. The Kier molecular flexibility index (Phi) is 5.61. The molecule has 3 N–H and O–H groups in total. The highest BCUT2D eigenvalue weighted by atomic mass is 16.5. The van der Waals surface area contributed by atoms with Gasteiger partial charge in [-0.1, -0.05) is 25.5 Å². The van der Waals surface area contributed by atoms with E-state index < -0.39 is 0 Å². The molecule has 1 heterocycles. The number of nitrogen functional groups attached to an aromatic ring is 1. The number of hydrogen-bond acceptors (Lipinski definition) is 6. The lowest BCUT2D eigenvalue weighted by atomic mass is 10.1. The zero-order valence-electron chi connectivity index (χ0n) is 15.8. The second-order valence-electron chi connectivity index (χ2n) is 6.21. The monoisotopic (exact) mass is 368 g/mol. The van der Waals surface area contributed by atoms with Gasteiger partial charge in [0.2, 0.25) is 5.95 Å². The van der Waals surface area contributed by atoms with Crippen LogP contribution < -0.4 is 26.3 Å².